The van der Waals surface area contributed by atoms with Gasteiger partial charge in [-0.2, -0.15) is 17.2 Å². The van der Waals surface area contributed by atoms with Gasteiger partial charge >= 0.3 is 12.3 Å². The maximum absolute atomic E-state index is 12.8. The molecule has 0 aliphatic heterocycles. The van der Waals surface area contributed by atoms with Crippen LogP contribution in [0, 0.1) is 0 Å². The first-order valence-corrected chi connectivity index (χ1v) is 7.18. The summed E-state index contributed by atoms with van der Waals surface area (Å²) in [6.07, 6.45) is -4.00. The van der Waals surface area contributed by atoms with E-state index in [1.165, 1.54) is 12.1 Å². The van der Waals surface area contributed by atoms with Crippen molar-refractivity contribution in [1.29, 1.82) is 0 Å². The minimum absolute atomic E-state index is 0. The number of rotatable bonds is 5. The average molecular weight is 378 g/mol. The summed E-state index contributed by atoms with van der Waals surface area (Å²) in [6, 6.07) is 10.5. The molecule has 0 heterocycles. The van der Waals surface area contributed by atoms with Crippen molar-refractivity contribution < 1.29 is 47.2 Å². The summed E-state index contributed by atoms with van der Waals surface area (Å²) in [7, 11) is -4.57. The molecule has 2 rings (SSSR count). The molecule has 0 N–H and O–H groups in total. The standard InChI is InChI=1S/C13H10F4O3S.Fe/c14-12(15)13(16,17)8-20-21(18,19)11-7-3-5-9-4-1-2-6-10(9)11;/h1-7,12H,8H2;. The summed E-state index contributed by atoms with van der Waals surface area (Å²) < 4.78 is 77.5. The van der Waals surface area contributed by atoms with Crippen molar-refractivity contribution in [2.45, 2.75) is 17.2 Å². The van der Waals surface area contributed by atoms with Crippen LogP contribution in [0.3, 0.4) is 0 Å². The van der Waals surface area contributed by atoms with Crippen LogP contribution in [0.2, 0.25) is 0 Å². The second-order valence-corrected chi connectivity index (χ2v) is 5.84. The van der Waals surface area contributed by atoms with Crippen LogP contribution in [0.15, 0.2) is 47.4 Å². The number of halogens is 4. The average Bonchev–Trinajstić information content (AvgIpc) is 2.44. The van der Waals surface area contributed by atoms with Gasteiger partial charge in [0.2, 0.25) is 0 Å². The maximum Gasteiger partial charge on any atom is 0.331 e. The van der Waals surface area contributed by atoms with Gasteiger partial charge in [0.05, 0.1) is 0 Å². The van der Waals surface area contributed by atoms with Crippen LogP contribution < -0.4 is 0 Å². The van der Waals surface area contributed by atoms with Crippen LogP contribution >= 0.6 is 0 Å². The molecule has 0 unspecified atom stereocenters. The molecule has 0 saturated carbocycles. The van der Waals surface area contributed by atoms with Gasteiger partial charge in [-0.3, -0.25) is 4.18 Å². The van der Waals surface area contributed by atoms with Gasteiger partial charge < -0.3 is 0 Å². The number of hydrogen-bond acceptors (Lipinski definition) is 3. The summed E-state index contributed by atoms with van der Waals surface area (Å²) in [5, 5.41) is 0.822. The van der Waals surface area contributed by atoms with E-state index < -0.39 is 29.1 Å². The van der Waals surface area contributed by atoms with Crippen molar-refractivity contribution in [2.75, 3.05) is 6.61 Å². The molecule has 0 radical (unpaired) electrons. The molecule has 2 aromatic rings. The molecule has 0 fully saturated rings. The molecule has 22 heavy (non-hydrogen) atoms. The molecule has 2 aromatic carbocycles. The Kier molecular flexibility index (Phi) is 5.97. The van der Waals surface area contributed by atoms with Gasteiger partial charge in [-0.05, 0) is 11.5 Å². The summed E-state index contributed by atoms with van der Waals surface area (Å²) >= 11 is 0. The van der Waals surface area contributed by atoms with Gasteiger partial charge in [-0.15, -0.1) is 0 Å². The van der Waals surface area contributed by atoms with Crippen LogP contribution in [0.1, 0.15) is 0 Å². The van der Waals surface area contributed by atoms with Gasteiger partial charge in [0, 0.05) is 22.5 Å². The zero-order chi connectivity index (χ0) is 15.7. The smallest absolute Gasteiger partial charge is 0.260 e. The van der Waals surface area contributed by atoms with Crippen LogP contribution in [0.4, 0.5) is 17.6 Å². The number of hydrogen-bond donors (Lipinski definition) is 0. The first-order chi connectivity index (χ1) is 9.74. The monoisotopic (exact) mass is 378 g/mol. The molecule has 0 spiro atoms. The molecular weight excluding hydrogens is 368 g/mol. The molecule has 0 bridgehead atoms. The molecule has 0 aliphatic carbocycles. The Morgan fingerprint density at radius 1 is 1.05 bits per heavy atom. The summed E-state index contributed by atoms with van der Waals surface area (Å²) in [5.74, 6) is -4.53. The van der Waals surface area contributed by atoms with Crippen molar-refractivity contribution >= 4 is 20.9 Å². The quantitative estimate of drug-likeness (QED) is 0.455. The summed E-state index contributed by atoms with van der Waals surface area (Å²) in [5.41, 5.74) is 0. The Hall–Kier alpha value is -1.15. The van der Waals surface area contributed by atoms with Crippen molar-refractivity contribution in [1.82, 2.24) is 0 Å². The van der Waals surface area contributed by atoms with E-state index in [1.807, 2.05) is 0 Å². The van der Waals surface area contributed by atoms with Crippen LogP contribution in [0.25, 0.3) is 10.8 Å². The summed E-state index contributed by atoms with van der Waals surface area (Å²) in [4.78, 5) is -0.342. The Morgan fingerprint density at radius 3 is 2.27 bits per heavy atom. The number of alkyl halides is 4. The van der Waals surface area contributed by atoms with E-state index in [0.717, 1.165) is 6.07 Å². The second-order valence-electron chi connectivity index (χ2n) is 4.26. The number of fused-ring (bicyclic) bond motifs is 1. The predicted molar refractivity (Wildman–Crippen MR) is 68.0 cm³/mol. The van der Waals surface area contributed by atoms with Crippen molar-refractivity contribution in [3.63, 3.8) is 0 Å². The van der Waals surface area contributed by atoms with Gasteiger partial charge in [0.15, 0.2) is 0 Å². The SMILES string of the molecule is O=S(=O)(OCC(F)(F)C(F)F)c1cccc2ccccc12.[Fe]. The molecule has 0 amide bonds. The largest absolute Gasteiger partial charge is 0.331 e. The van der Waals surface area contributed by atoms with E-state index in [-0.39, 0.29) is 27.4 Å². The predicted octanol–water partition coefficient (Wildman–Crippen LogP) is 3.44. The van der Waals surface area contributed by atoms with E-state index in [4.69, 9.17) is 0 Å². The Labute approximate surface area is 134 Å². The second kappa shape index (κ2) is 6.95. The van der Waals surface area contributed by atoms with Crippen molar-refractivity contribution in [2.24, 2.45) is 0 Å². The zero-order valence-electron chi connectivity index (χ0n) is 10.8. The topological polar surface area (TPSA) is 43.4 Å². The van der Waals surface area contributed by atoms with E-state index in [9.17, 15) is 26.0 Å². The molecule has 0 atom stereocenters. The van der Waals surface area contributed by atoms with Gasteiger partial charge in [0.1, 0.15) is 11.5 Å². The van der Waals surface area contributed by atoms with Crippen molar-refractivity contribution in [3.05, 3.63) is 42.5 Å². The van der Waals surface area contributed by atoms with Crippen LogP contribution in [-0.4, -0.2) is 27.4 Å². The maximum atomic E-state index is 12.8. The van der Waals surface area contributed by atoms with E-state index in [2.05, 4.69) is 4.18 Å². The molecular formula is C13H10F4FeO3S. The Balaban J connectivity index is 0.00000242. The molecule has 0 aliphatic rings. The fourth-order valence-corrected chi connectivity index (χ4v) is 2.84. The minimum atomic E-state index is -4.57. The third-order valence-corrected chi connectivity index (χ3v) is 4.07. The molecule has 0 saturated heterocycles. The Bertz CT molecular complexity index is 745. The van der Waals surface area contributed by atoms with Crippen molar-refractivity contribution in [3.8, 4) is 0 Å². The normalized spacial score (nSPS) is 12.4. The number of benzene rings is 2. The summed E-state index contributed by atoms with van der Waals surface area (Å²) in [6.45, 7) is -1.91. The van der Waals surface area contributed by atoms with E-state index >= 15 is 0 Å². The molecule has 9 heteroatoms. The van der Waals surface area contributed by atoms with Crippen LogP contribution in [-0.2, 0) is 31.4 Å². The molecule has 3 nitrogen and oxygen atoms in total. The first kappa shape index (κ1) is 18.9. The third-order valence-electron chi connectivity index (χ3n) is 2.74. The third kappa shape index (κ3) is 3.98. The molecule has 0 aromatic heterocycles. The molecule has 122 valence electrons. The van der Waals surface area contributed by atoms with Gasteiger partial charge in [-0.25, -0.2) is 8.78 Å². The van der Waals surface area contributed by atoms with Gasteiger partial charge in [-0.1, -0.05) is 36.4 Å². The zero-order valence-corrected chi connectivity index (χ0v) is 12.7. The fourth-order valence-electron chi connectivity index (χ4n) is 1.70. The van der Waals surface area contributed by atoms with Crippen LogP contribution in [0.5, 0.6) is 0 Å². The van der Waals surface area contributed by atoms with Gasteiger partial charge in [0.25, 0.3) is 10.1 Å². The first-order valence-electron chi connectivity index (χ1n) is 5.77. The minimum Gasteiger partial charge on any atom is -0.260 e. The van der Waals surface area contributed by atoms with E-state index in [0.29, 0.717) is 5.39 Å². The Morgan fingerprint density at radius 2 is 1.64 bits per heavy atom. The fraction of sp³-hybridized carbons (Fsp3) is 0.231. The van der Waals surface area contributed by atoms with E-state index in [1.54, 1.807) is 24.3 Å².